The molecule has 2 aromatic rings. The number of carbonyl (C=O) groups excluding carboxylic acids is 1. The average Bonchev–Trinajstić information content (AvgIpc) is 3.18. The van der Waals surface area contributed by atoms with Gasteiger partial charge in [0.2, 0.25) is 5.91 Å². The summed E-state index contributed by atoms with van der Waals surface area (Å²) in [5.41, 5.74) is 2.63. The minimum Gasteiger partial charge on any atom is -0.334 e. The second-order valence-electron chi connectivity index (χ2n) is 7.30. The lowest BCUT2D eigenvalue weighted by Crippen LogP contribution is -2.17. The zero-order valence-electron chi connectivity index (χ0n) is 14.6. The molecule has 6 nitrogen and oxygen atoms in total. The number of nitrogens with zero attached hydrogens (tertiary/aromatic N) is 2. The lowest BCUT2D eigenvalue weighted by atomic mass is 10.0. The third kappa shape index (κ3) is 3.82. The van der Waals surface area contributed by atoms with Crippen molar-refractivity contribution in [3.63, 3.8) is 0 Å². The molecule has 0 spiro atoms. The summed E-state index contributed by atoms with van der Waals surface area (Å²) >= 11 is 0. The Bertz CT molecular complexity index is 910. The van der Waals surface area contributed by atoms with Crippen molar-refractivity contribution >= 4 is 21.4 Å². The van der Waals surface area contributed by atoms with E-state index in [1.807, 2.05) is 24.3 Å². The molecule has 1 atom stereocenters. The van der Waals surface area contributed by atoms with Crippen LogP contribution < -0.4 is 5.32 Å². The predicted octanol–water partition coefficient (Wildman–Crippen LogP) is 2.65. The number of benzene rings is 1. The molecule has 1 saturated heterocycles. The molecule has 1 unspecified atom stereocenters. The Morgan fingerprint density at radius 1 is 1.31 bits per heavy atom. The monoisotopic (exact) mass is 373 g/mol. The summed E-state index contributed by atoms with van der Waals surface area (Å²) in [5, 5.41) is 2.90. The highest BCUT2D eigenvalue weighted by Crippen LogP contribution is 2.26. The number of fused-ring (bicyclic) bond motifs is 1. The molecule has 0 radical (unpaired) electrons. The maximum Gasteiger partial charge on any atom is 0.224 e. The molecule has 7 heteroatoms. The molecule has 0 bridgehead atoms. The van der Waals surface area contributed by atoms with Gasteiger partial charge < -0.3 is 9.88 Å². The molecule has 1 aromatic carbocycles. The number of hydrogen-bond donors (Lipinski definition) is 1. The highest BCUT2D eigenvalue weighted by atomic mass is 32.2. The molecule has 4 rings (SSSR count). The van der Waals surface area contributed by atoms with Gasteiger partial charge in [0.05, 0.1) is 17.2 Å². The van der Waals surface area contributed by atoms with Crippen molar-refractivity contribution in [3.8, 4) is 11.3 Å². The Kier molecular flexibility index (Phi) is 4.56. The molecule has 1 aromatic heterocycles. The van der Waals surface area contributed by atoms with Gasteiger partial charge in [-0.1, -0.05) is 12.1 Å². The van der Waals surface area contributed by atoms with E-state index in [0.29, 0.717) is 6.42 Å². The standard InChI is InChI=1S/C19H23N3O3S/c23-19(10-14-7-9-26(24,25)13-14)20-16-5-3-4-15(11-16)17-12-22-8-2-1-6-18(22)21-17/h3-5,11-12,14H,1-2,6-10,13H2,(H,20,23). The molecule has 3 heterocycles. The maximum absolute atomic E-state index is 12.3. The van der Waals surface area contributed by atoms with Crippen LogP contribution in [0, 0.1) is 5.92 Å². The SMILES string of the molecule is O=C(CC1CCS(=O)(=O)C1)Nc1cccc(-c2cn3c(n2)CCCC3)c1. The summed E-state index contributed by atoms with van der Waals surface area (Å²) in [6, 6.07) is 7.68. The van der Waals surface area contributed by atoms with Crippen molar-refractivity contribution in [2.45, 2.75) is 38.6 Å². The highest BCUT2D eigenvalue weighted by molar-refractivity contribution is 7.91. The summed E-state index contributed by atoms with van der Waals surface area (Å²) in [6.45, 7) is 1.02. The zero-order valence-corrected chi connectivity index (χ0v) is 15.5. The van der Waals surface area contributed by atoms with Crippen molar-refractivity contribution in [2.24, 2.45) is 5.92 Å². The van der Waals surface area contributed by atoms with E-state index in [4.69, 9.17) is 4.98 Å². The van der Waals surface area contributed by atoms with Gasteiger partial charge in [-0.3, -0.25) is 4.79 Å². The van der Waals surface area contributed by atoms with Gasteiger partial charge in [0.15, 0.2) is 9.84 Å². The quantitative estimate of drug-likeness (QED) is 0.893. The van der Waals surface area contributed by atoms with E-state index in [1.165, 1.54) is 12.8 Å². The summed E-state index contributed by atoms with van der Waals surface area (Å²) in [5.74, 6) is 1.26. The van der Waals surface area contributed by atoms with Crippen LogP contribution in [0.15, 0.2) is 30.5 Å². The average molecular weight is 373 g/mol. The predicted molar refractivity (Wildman–Crippen MR) is 101 cm³/mol. The summed E-state index contributed by atoms with van der Waals surface area (Å²) < 4.78 is 25.3. The van der Waals surface area contributed by atoms with E-state index in [-0.39, 0.29) is 29.8 Å². The number of anilines is 1. The minimum atomic E-state index is -2.95. The number of imidazole rings is 1. The van der Waals surface area contributed by atoms with Gasteiger partial charge in [0, 0.05) is 36.8 Å². The van der Waals surface area contributed by atoms with Crippen LogP contribution >= 0.6 is 0 Å². The van der Waals surface area contributed by atoms with Crippen LogP contribution in [0.4, 0.5) is 5.69 Å². The van der Waals surface area contributed by atoms with Crippen LogP contribution in [0.2, 0.25) is 0 Å². The fraction of sp³-hybridized carbons (Fsp3) is 0.474. The Morgan fingerprint density at radius 2 is 2.19 bits per heavy atom. The largest absolute Gasteiger partial charge is 0.334 e. The number of sulfone groups is 1. The first kappa shape index (κ1) is 17.3. The van der Waals surface area contributed by atoms with E-state index in [2.05, 4.69) is 16.1 Å². The Labute approximate surface area is 153 Å². The third-order valence-electron chi connectivity index (χ3n) is 5.15. The van der Waals surface area contributed by atoms with Gasteiger partial charge in [-0.2, -0.15) is 0 Å². The van der Waals surface area contributed by atoms with Crippen molar-refractivity contribution in [2.75, 3.05) is 16.8 Å². The van der Waals surface area contributed by atoms with Crippen molar-refractivity contribution < 1.29 is 13.2 Å². The highest BCUT2D eigenvalue weighted by Gasteiger charge is 2.29. The van der Waals surface area contributed by atoms with Crippen molar-refractivity contribution in [1.29, 1.82) is 0 Å². The van der Waals surface area contributed by atoms with Gasteiger partial charge in [0.25, 0.3) is 0 Å². The van der Waals surface area contributed by atoms with E-state index >= 15 is 0 Å². The molecule has 138 valence electrons. The molecule has 0 aliphatic carbocycles. The van der Waals surface area contributed by atoms with Crippen molar-refractivity contribution in [3.05, 3.63) is 36.3 Å². The Balaban J connectivity index is 1.44. The normalized spacial score (nSPS) is 21.3. The fourth-order valence-electron chi connectivity index (χ4n) is 3.82. The first-order chi connectivity index (χ1) is 12.5. The first-order valence-corrected chi connectivity index (χ1v) is 11.0. The topological polar surface area (TPSA) is 81.1 Å². The van der Waals surface area contributed by atoms with Crippen LogP contribution in [0.25, 0.3) is 11.3 Å². The Morgan fingerprint density at radius 3 is 2.96 bits per heavy atom. The smallest absolute Gasteiger partial charge is 0.224 e. The van der Waals surface area contributed by atoms with Gasteiger partial charge >= 0.3 is 0 Å². The summed E-state index contributed by atoms with van der Waals surface area (Å²) in [6.07, 6.45) is 6.30. The van der Waals surface area contributed by atoms with Crippen molar-refractivity contribution in [1.82, 2.24) is 9.55 Å². The van der Waals surface area contributed by atoms with E-state index in [1.54, 1.807) is 0 Å². The molecular formula is C19H23N3O3S. The molecule has 26 heavy (non-hydrogen) atoms. The molecule has 1 amide bonds. The number of aryl methyl sites for hydroxylation is 2. The van der Waals surface area contributed by atoms with Crippen LogP contribution in [0.3, 0.4) is 0 Å². The molecule has 1 fully saturated rings. The second-order valence-corrected chi connectivity index (χ2v) is 9.52. The number of hydrogen-bond acceptors (Lipinski definition) is 4. The number of rotatable bonds is 4. The van der Waals surface area contributed by atoms with E-state index < -0.39 is 9.84 Å². The van der Waals surface area contributed by atoms with Gasteiger partial charge in [-0.15, -0.1) is 0 Å². The van der Waals surface area contributed by atoms with Crippen LogP contribution in [0.5, 0.6) is 0 Å². The minimum absolute atomic E-state index is 0.0666. The Hall–Kier alpha value is -2.15. The number of amides is 1. The first-order valence-electron chi connectivity index (χ1n) is 9.15. The number of carbonyl (C=O) groups is 1. The van der Waals surface area contributed by atoms with E-state index in [9.17, 15) is 13.2 Å². The molecule has 1 N–H and O–H groups in total. The number of aromatic nitrogens is 2. The number of nitrogens with one attached hydrogen (secondary N) is 1. The molecule has 0 saturated carbocycles. The maximum atomic E-state index is 12.3. The lowest BCUT2D eigenvalue weighted by Gasteiger charge is -2.11. The molecule has 2 aliphatic heterocycles. The molecule has 2 aliphatic rings. The lowest BCUT2D eigenvalue weighted by molar-refractivity contribution is -0.116. The van der Waals surface area contributed by atoms with Crippen LogP contribution in [0.1, 0.15) is 31.5 Å². The van der Waals surface area contributed by atoms with Gasteiger partial charge in [-0.05, 0) is 37.3 Å². The van der Waals surface area contributed by atoms with Crippen LogP contribution in [-0.2, 0) is 27.6 Å². The molecular weight excluding hydrogens is 350 g/mol. The van der Waals surface area contributed by atoms with Crippen LogP contribution in [-0.4, -0.2) is 35.4 Å². The second kappa shape index (κ2) is 6.87. The summed E-state index contributed by atoms with van der Waals surface area (Å²) in [4.78, 5) is 17.0. The zero-order chi connectivity index (χ0) is 18.1. The van der Waals surface area contributed by atoms with Gasteiger partial charge in [-0.25, -0.2) is 13.4 Å². The third-order valence-corrected chi connectivity index (χ3v) is 6.99. The summed E-state index contributed by atoms with van der Waals surface area (Å²) in [7, 11) is -2.95. The fourth-order valence-corrected chi connectivity index (χ4v) is 5.68. The van der Waals surface area contributed by atoms with E-state index in [0.717, 1.165) is 35.7 Å². The van der Waals surface area contributed by atoms with Gasteiger partial charge in [0.1, 0.15) is 5.82 Å².